The molecule has 0 aliphatic heterocycles. The smallest absolute Gasteiger partial charge is 0.280 e. The van der Waals surface area contributed by atoms with Crippen molar-refractivity contribution in [3.63, 3.8) is 0 Å². The van der Waals surface area contributed by atoms with Crippen molar-refractivity contribution in [2.75, 3.05) is 11.9 Å². The molecular formula is C7H8F2N4O. The summed E-state index contributed by atoms with van der Waals surface area (Å²) in [5.74, 6) is -0.448. The summed E-state index contributed by atoms with van der Waals surface area (Å²) in [7, 11) is 0. The lowest BCUT2D eigenvalue weighted by Gasteiger charge is -2.03. The molecule has 0 atom stereocenters. The van der Waals surface area contributed by atoms with Gasteiger partial charge in [0, 0.05) is 6.07 Å². The molecule has 0 saturated carbocycles. The van der Waals surface area contributed by atoms with Gasteiger partial charge in [-0.2, -0.15) is 0 Å². The van der Waals surface area contributed by atoms with Gasteiger partial charge in [-0.05, 0) is 0 Å². The fraction of sp³-hybridized carbons (Fsp3) is 0.286. The summed E-state index contributed by atoms with van der Waals surface area (Å²) < 4.78 is 24.3. The van der Waals surface area contributed by atoms with E-state index < -0.39 is 18.0 Å². The van der Waals surface area contributed by atoms with Gasteiger partial charge in [-0.15, -0.1) is 0 Å². The average molecular weight is 202 g/mol. The van der Waals surface area contributed by atoms with Gasteiger partial charge in [0.15, 0.2) is 0 Å². The molecular weight excluding hydrogens is 194 g/mol. The summed E-state index contributed by atoms with van der Waals surface area (Å²) in [5, 5.41) is 2.48. The summed E-state index contributed by atoms with van der Waals surface area (Å²) in [4.78, 5) is 17.3. The van der Waals surface area contributed by atoms with Crippen LogP contribution in [0.25, 0.3) is 0 Å². The third kappa shape index (κ3) is 2.92. The third-order valence-electron chi connectivity index (χ3n) is 1.36. The third-order valence-corrected chi connectivity index (χ3v) is 1.36. The van der Waals surface area contributed by atoms with Gasteiger partial charge in [-0.3, -0.25) is 4.79 Å². The number of halogens is 2. The number of aromatic nitrogens is 2. The molecule has 76 valence electrons. The second-order valence-electron chi connectivity index (χ2n) is 2.45. The number of hydrogen-bond acceptors (Lipinski definition) is 4. The number of nitrogens with one attached hydrogen (secondary N) is 1. The molecule has 7 heteroatoms. The lowest BCUT2D eigenvalue weighted by Crippen LogP contribution is -2.22. The zero-order valence-corrected chi connectivity index (χ0v) is 7.08. The Kier molecular flexibility index (Phi) is 3.27. The van der Waals surface area contributed by atoms with E-state index in [0.717, 1.165) is 12.4 Å². The number of primary amides is 1. The average Bonchev–Trinajstić information content (AvgIpc) is 2.15. The first-order valence-corrected chi connectivity index (χ1v) is 3.72. The van der Waals surface area contributed by atoms with E-state index >= 15 is 0 Å². The minimum Gasteiger partial charge on any atom is -0.368 e. The Morgan fingerprint density at radius 3 is 2.86 bits per heavy atom. The molecule has 1 aromatic heterocycles. The Labute approximate surface area is 78.3 Å². The summed E-state index contributed by atoms with van der Waals surface area (Å²) in [6.07, 6.45) is -1.67. The van der Waals surface area contributed by atoms with Gasteiger partial charge in [-0.1, -0.05) is 0 Å². The fourth-order valence-electron chi connectivity index (χ4n) is 0.766. The van der Waals surface area contributed by atoms with Gasteiger partial charge in [0.1, 0.15) is 17.8 Å². The van der Waals surface area contributed by atoms with Crippen molar-refractivity contribution in [1.29, 1.82) is 0 Å². The van der Waals surface area contributed by atoms with E-state index in [2.05, 4.69) is 15.3 Å². The summed E-state index contributed by atoms with van der Waals surface area (Å²) in [6.45, 7) is -0.153. The van der Waals surface area contributed by atoms with Gasteiger partial charge in [0.05, 0.1) is 6.54 Å². The molecule has 3 N–H and O–H groups in total. The Balaban J connectivity index is 2.68. The molecule has 14 heavy (non-hydrogen) atoms. The number of amides is 1. The van der Waals surface area contributed by atoms with Crippen molar-refractivity contribution in [3.05, 3.63) is 18.1 Å². The van der Waals surface area contributed by atoms with E-state index in [-0.39, 0.29) is 12.4 Å². The Morgan fingerprint density at radius 1 is 1.57 bits per heavy atom. The van der Waals surface area contributed by atoms with Gasteiger partial charge in [0.2, 0.25) is 5.91 Å². The molecule has 1 amide bonds. The Hall–Kier alpha value is -1.79. The maximum absolute atomic E-state index is 12.1. The van der Waals surface area contributed by atoms with E-state index in [4.69, 9.17) is 5.73 Å². The van der Waals surface area contributed by atoms with E-state index in [1.54, 1.807) is 0 Å². The van der Waals surface area contributed by atoms with Gasteiger partial charge >= 0.3 is 0 Å². The van der Waals surface area contributed by atoms with Crippen molar-refractivity contribution in [2.45, 2.75) is 6.43 Å². The van der Waals surface area contributed by atoms with Crippen molar-refractivity contribution in [1.82, 2.24) is 9.97 Å². The van der Waals surface area contributed by atoms with Crippen LogP contribution in [0.15, 0.2) is 12.4 Å². The highest BCUT2D eigenvalue weighted by atomic mass is 19.3. The normalized spacial score (nSPS) is 10.2. The second-order valence-corrected chi connectivity index (χ2v) is 2.45. The lowest BCUT2D eigenvalue weighted by atomic mass is 10.4. The number of carbonyl (C=O) groups is 1. The van der Waals surface area contributed by atoms with Gasteiger partial charge < -0.3 is 11.1 Å². The number of anilines is 1. The number of rotatable bonds is 4. The van der Waals surface area contributed by atoms with Crippen LogP contribution in [0.3, 0.4) is 0 Å². The molecule has 0 bridgehead atoms. The quantitative estimate of drug-likeness (QED) is 0.736. The first-order valence-electron chi connectivity index (χ1n) is 3.72. The van der Waals surface area contributed by atoms with Crippen LogP contribution in [0.4, 0.5) is 14.6 Å². The zero-order valence-electron chi connectivity index (χ0n) is 7.08. The molecule has 0 aliphatic rings. The number of alkyl halides is 2. The second kappa shape index (κ2) is 4.45. The number of carbonyl (C=O) groups excluding carboxylic acids is 1. The van der Waals surface area contributed by atoms with Crippen molar-refractivity contribution in [2.24, 2.45) is 5.73 Å². The van der Waals surface area contributed by atoms with Crippen LogP contribution in [0.5, 0.6) is 0 Å². The largest absolute Gasteiger partial charge is 0.368 e. The van der Waals surface area contributed by atoms with E-state index in [9.17, 15) is 13.6 Å². The highest BCUT2D eigenvalue weighted by molar-refractivity contribution is 5.78. The Bertz CT molecular complexity index is 331. The van der Waals surface area contributed by atoms with Crippen LogP contribution < -0.4 is 11.1 Å². The molecule has 1 heterocycles. The monoisotopic (exact) mass is 202 g/mol. The molecule has 1 rings (SSSR count). The molecule has 5 nitrogen and oxygen atoms in total. The zero-order chi connectivity index (χ0) is 10.6. The first kappa shape index (κ1) is 10.3. The number of nitrogens with two attached hydrogens (primary N) is 1. The molecule has 0 saturated heterocycles. The molecule has 0 aromatic carbocycles. The predicted octanol–water partition coefficient (Wildman–Crippen LogP) is 0.311. The minimum atomic E-state index is -2.66. The minimum absolute atomic E-state index is 0.147. The molecule has 0 fully saturated rings. The predicted molar refractivity (Wildman–Crippen MR) is 44.7 cm³/mol. The molecule has 0 spiro atoms. The van der Waals surface area contributed by atoms with Crippen LogP contribution in [0.2, 0.25) is 0 Å². The lowest BCUT2D eigenvalue weighted by molar-refractivity contribution is -0.116. The van der Waals surface area contributed by atoms with E-state index in [0.29, 0.717) is 0 Å². The van der Waals surface area contributed by atoms with Gasteiger partial charge in [0.25, 0.3) is 6.43 Å². The molecule has 0 aliphatic carbocycles. The maximum Gasteiger partial charge on any atom is 0.280 e. The van der Waals surface area contributed by atoms with Crippen LogP contribution in [-0.2, 0) is 4.79 Å². The highest BCUT2D eigenvalue weighted by Crippen LogP contribution is 2.17. The summed E-state index contributed by atoms with van der Waals surface area (Å²) in [6, 6.07) is 1.06. The molecule has 0 unspecified atom stereocenters. The van der Waals surface area contributed by atoms with Crippen molar-refractivity contribution in [3.8, 4) is 0 Å². The summed E-state index contributed by atoms with van der Waals surface area (Å²) in [5.41, 5.74) is 4.45. The summed E-state index contributed by atoms with van der Waals surface area (Å²) >= 11 is 0. The Morgan fingerprint density at radius 2 is 2.29 bits per heavy atom. The van der Waals surface area contributed by atoms with Crippen LogP contribution in [0, 0.1) is 0 Å². The molecule has 0 radical (unpaired) electrons. The van der Waals surface area contributed by atoms with Crippen LogP contribution in [0.1, 0.15) is 12.1 Å². The van der Waals surface area contributed by atoms with Crippen LogP contribution in [-0.4, -0.2) is 22.4 Å². The van der Waals surface area contributed by atoms with E-state index in [1.165, 1.54) is 0 Å². The topological polar surface area (TPSA) is 80.9 Å². The van der Waals surface area contributed by atoms with Crippen molar-refractivity contribution >= 4 is 11.7 Å². The molecule has 1 aromatic rings. The SMILES string of the molecule is NC(=O)CNc1cc(C(F)F)ncn1. The fourth-order valence-corrected chi connectivity index (χ4v) is 0.766. The number of nitrogens with zero attached hydrogens (tertiary/aromatic N) is 2. The van der Waals surface area contributed by atoms with Crippen molar-refractivity contribution < 1.29 is 13.6 Å². The highest BCUT2D eigenvalue weighted by Gasteiger charge is 2.09. The first-order chi connectivity index (χ1) is 6.59. The van der Waals surface area contributed by atoms with E-state index in [1.807, 2.05) is 0 Å². The maximum atomic E-state index is 12.1. The van der Waals surface area contributed by atoms with Gasteiger partial charge in [-0.25, -0.2) is 18.7 Å². The van der Waals surface area contributed by atoms with Crippen LogP contribution >= 0.6 is 0 Å². The standard InChI is InChI=1S/C7H8F2N4O/c8-7(9)4-1-6(13-3-12-4)11-2-5(10)14/h1,3,7H,2H2,(H2,10,14)(H,11,12,13). The number of hydrogen-bond donors (Lipinski definition) is 2.